The van der Waals surface area contributed by atoms with Gasteiger partial charge in [0.05, 0.1) is 26.6 Å². The fourth-order valence-electron chi connectivity index (χ4n) is 1.78. The van der Waals surface area contributed by atoms with Crippen molar-refractivity contribution in [1.82, 2.24) is 10.2 Å². The van der Waals surface area contributed by atoms with E-state index in [0.29, 0.717) is 20.9 Å². The Labute approximate surface area is 130 Å². The number of H-pyrrole nitrogens is 1. The van der Waals surface area contributed by atoms with Crippen molar-refractivity contribution in [1.29, 1.82) is 0 Å². The van der Waals surface area contributed by atoms with Gasteiger partial charge in [0, 0.05) is 0 Å². The number of nitrogens with zero attached hydrogens (tertiary/aromatic N) is 1. The molecule has 0 bridgehead atoms. The Hall–Kier alpha value is -1.53. The molecule has 1 heterocycles. The lowest BCUT2D eigenvalue weighted by atomic mass is 10.2. The van der Waals surface area contributed by atoms with Gasteiger partial charge in [0.25, 0.3) is 5.91 Å². The van der Waals surface area contributed by atoms with Crippen molar-refractivity contribution in [2.45, 2.75) is 19.8 Å². The van der Waals surface area contributed by atoms with Crippen LogP contribution >= 0.6 is 27.5 Å². The van der Waals surface area contributed by atoms with Gasteiger partial charge in [-0.1, -0.05) is 31.0 Å². The number of carbonyl (C=O) groups is 1. The second kappa shape index (κ2) is 6.28. The molecule has 106 valence electrons. The van der Waals surface area contributed by atoms with Gasteiger partial charge >= 0.3 is 0 Å². The van der Waals surface area contributed by atoms with Crippen molar-refractivity contribution in [3.8, 4) is 0 Å². The normalized spacial score (nSPS) is 10.6. The number of nitrogens with one attached hydrogen (secondary N) is 2. The van der Waals surface area contributed by atoms with Crippen LogP contribution in [0.2, 0.25) is 5.02 Å². The minimum absolute atomic E-state index is 0.195. The van der Waals surface area contributed by atoms with Gasteiger partial charge in [-0.25, -0.2) is 0 Å². The number of nitrogen functional groups attached to an aromatic ring is 1. The highest BCUT2D eigenvalue weighted by Gasteiger charge is 2.18. The van der Waals surface area contributed by atoms with Gasteiger partial charge in [0.1, 0.15) is 0 Å². The first-order valence-corrected chi connectivity index (χ1v) is 7.29. The van der Waals surface area contributed by atoms with Crippen molar-refractivity contribution < 1.29 is 4.79 Å². The van der Waals surface area contributed by atoms with Gasteiger partial charge in [-0.05, 0) is 34.5 Å². The number of amides is 1. The lowest BCUT2D eigenvalue weighted by Crippen LogP contribution is -2.14. The van der Waals surface area contributed by atoms with Crippen LogP contribution < -0.4 is 11.1 Å². The molecule has 7 heteroatoms. The van der Waals surface area contributed by atoms with E-state index in [0.717, 1.165) is 18.5 Å². The van der Waals surface area contributed by atoms with Crippen LogP contribution in [0.15, 0.2) is 22.7 Å². The molecule has 0 saturated carbocycles. The molecule has 0 fully saturated rings. The Balaban J connectivity index is 2.22. The quantitative estimate of drug-likeness (QED) is 0.781. The van der Waals surface area contributed by atoms with Crippen LogP contribution in [0.5, 0.6) is 0 Å². The molecule has 0 aliphatic carbocycles. The molecule has 2 rings (SSSR count). The fraction of sp³-hybridized carbons (Fsp3) is 0.231. The maximum Gasteiger partial charge on any atom is 0.278 e. The maximum absolute atomic E-state index is 12.2. The zero-order valence-electron chi connectivity index (χ0n) is 10.8. The van der Waals surface area contributed by atoms with Gasteiger partial charge in [-0.15, -0.1) is 0 Å². The van der Waals surface area contributed by atoms with E-state index in [1.165, 1.54) is 0 Å². The molecule has 1 aromatic carbocycles. The Morgan fingerprint density at radius 3 is 3.00 bits per heavy atom. The van der Waals surface area contributed by atoms with E-state index in [-0.39, 0.29) is 11.6 Å². The van der Waals surface area contributed by atoms with Crippen LogP contribution in [0.4, 0.5) is 11.4 Å². The van der Waals surface area contributed by atoms with Crippen LogP contribution in [-0.2, 0) is 6.42 Å². The molecule has 5 nitrogen and oxygen atoms in total. The van der Waals surface area contributed by atoms with Crippen molar-refractivity contribution in [3.63, 3.8) is 0 Å². The van der Waals surface area contributed by atoms with Gasteiger partial charge in [-0.3, -0.25) is 9.89 Å². The van der Waals surface area contributed by atoms with Crippen LogP contribution in [0.1, 0.15) is 29.5 Å². The molecule has 0 aliphatic heterocycles. The number of anilines is 2. The number of benzene rings is 1. The van der Waals surface area contributed by atoms with Gasteiger partial charge in [0.15, 0.2) is 5.69 Å². The molecule has 20 heavy (non-hydrogen) atoms. The first kappa shape index (κ1) is 14.9. The molecule has 1 aromatic heterocycles. The molecule has 0 spiro atoms. The molecule has 0 unspecified atom stereocenters. The monoisotopic (exact) mass is 356 g/mol. The summed E-state index contributed by atoms with van der Waals surface area (Å²) in [5.74, 6) is -0.371. The molecule has 0 radical (unpaired) electrons. The third kappa shape index (κ3) is 2.96. The molecule has 1 amide bonds. The molecular formula is C13H14BrClN4O. The Kier molecular flexibility index (Phi) is 4.67. The Bertz CT molecular complexity index is 641. The summed E-state index contributed by atoms with van der Waals surface area (Å²) in [5.41, 5.74) is 7.86. The smallest absolute Gasteiger partial charge is 0.278 e. The topological polar surface area (TPSA) is 83.8 Å². The standard InChI is InChI=1S/C13H14BrClN4O/c1-2-4-9-11(16)12(19-18-9)13(20)17-8-6-3-5-7(15)10(8)14/h3,5-6H,2,4,16H2,1H3,(H,17,20)(H,18,19). The van der Waals surface area contributed by atoms with Crippen LogP contribution in [0.3, 0.4) is 0 Å². The van der Waals surface area contributed by atoms with E-state index in [4.69, 9.17) is 17.3 Å². The summed E-state index contributed by atoms with van der Waals surface area (Å²) in [6.45, 7) is 2.03. The zero-order chi connectivity index (χ0) is 14.7. The molecule has 0 atom stereocenters. The zero-order valence-corrected chi connectivity index (χ0v) is 13.2. The first-order valence-electron chi connectivity index (χ1n) is 6.12. The average Bonchev–Trinajstić information content (AvgIpc) is 2.77. The summed E-state index contributed by atoms with van der Waals surface area (Å²) in [6, 6.07) is 5.21. The lowest BCUT2D eigenvalue weighted by Gasteiger charge is -2.07. The van der Waals surface area contributed by atoms with Crippen LogP contribution in [0.25, 0.3) is 0 Å². The molecule has 2 aromatic rings. The van der Waals surface area contributed by atoms with E-state index in [1.54, 1.807) is 18.2 Å². The largest absolute Gasteiger partial charge is 0.395 e. The summed E-state index contributed by atoms with van der Waals surface area (Å²) in [5, 5.41) is 10.0. The number of carbonyl (C=O) groups excluding carboxylic acids is 1. The summed E-state index contributed by atoms with van der Waals surface area (Å²) in [7, 11) is 0. The summed E-state index contributed by atoms with van der Waals surface area (Å²) in [6.07, 6.45) is 1.68. The third-order valence-electron chi connectivity index (χ3n) is 2.80. The molecule has 0 aliphatic rings. The number of aromatic nitrogens is 2. The number of aryl methyl sites for hydroxylation is 1. The van der Waals surface area contributed by atoms with Gasteiger partial charge in [0.2, 0.25) is 0 Å². The first-order chi connectivity index (χ1) is 9.54. The highest BCUT2D eigenvalue weighted by atomic mass is 79.9. The van der Waals surface area contributed by atoms with Gasteiger partial charge in [-0.2, -0.15) is 5.10 Å². The van der Waals surface area contributed by atoms with Gasteiger partial charge < -0.3 is 11.1 Å². The number of hydrogen-bond donors (Lipinski definition) is 3. The maximum atomic E-state index is 12.2. The van der Waals surface area contributed by atoms with Crippen LogP contribution in [0, 0.1) is 0 Å². The Morgan fingerprint density at radius 2 is 2.30 bits per heavy atom. The highest BCUT2D eigenvalue weighted by molar-refractivity contribution is 9.10. The van der Waals surface area contributed by atoms with Crippen molar-refractivity contribution in [2.75, 3.05) is 11.1 Å². The summed E-state index contributed by atoms with van der Waals surface area (Å²) in [4.78, 5) is 12.2. The number of hydrogen-bond acceptors (Lipinski definition) is 3. The third-order valence-corrected chi connectivity index (χ3v) is 4.20. The second-order valence-corrected chi connectivity index (χ2v) is 5.47. The number of nitrogens with two attached hydrogens (primary N) is 1. The minimum Gasteiger partial charge on any atom is -0.395 e. The van der Waals surface area contributed by atoms with E-state index in [1.807, 2.05) is 6.92 Å². The molecule has 4 N–H and O–H groups in total. The highest BCUT2D eigenvalue weighted by Crippen LogP contribution is 2.30. The number of rotatable bonds is 4. The van der Waals surface area contributed by atoms with E-state index in [2.05, 4.69) is 31.4 Å². The average molecular weight is 358 g/mol. The summed E-state index contributed by atoms with van der Waals surface area (Å²) >= 11 is 9.30. The van der Waals surface area contributed by atoms with E-state index in [9.17, 15) is 4.79 Å². The lowest BCUT2D eigenvalue weighted by molar-refractivity contribution is 0.102. The predicted octanol–water partition coefficient (Wildman–Crippen LogP) is 3.61. The second-order valence-electron chi connectivity index (χ2n) is 4.27. The van der Waals surface area contributed by atoms with Crippen molar-refractivity contribution in [3.05, 3.63) is 39.1 Å². The predicted molar refractivity (Wildman–Crippen MR) is 84.1 cm³/mol. The Morgan fingerprint density at radius 1 is 1.55 bits per heavy atom. The van der Waals surface area contributed by atoms with E-state index >= 15 is 0 Å². The van der Waals surface area contributed by atoms with Crippen LogP contribution in [-0.4, -0.2) is 16.1 Å². The summed E-state index contributed by atoms with van der Waals surface area (Å²) < 4.78 is 0.623. The molecular weight excluding hydrogens is 344 g/mol. The minimum atomic E-state index is -0.371. The van der Waals surface area contributed by atoms with Crippen molar-refractivity contribution >= 4 is 44.8 Å². The number of halogens is 2. The molecule has 0 saturated heterocycles. The SMILES string of the molecule is CCCc1[nH]nc(C(=O)Nc2cccc(Cl)c2Br)c1N. The van der Waals surface area contributed by atoms with E-state index < -0.39 is 0 Å². The van der Waals surface area contributed by atoms with Crippen molar-refractivity contribution in [2.24, 2.45) is 0 Å². The number of aromatic amines is 1. The fourth-order valence-corrected chi connectivity index (χ4v) is 2.32.